The number of nitrogens with zero attached hydrogens (tertiary/aromatic N) is 2. The molecule has 3 fully saturated rings. The molecule has 144 valence electrons. The molecular formula is C17H25N3O4S2. The first-order valence-corrected chi connectivity index (χ1v) is 12.2. The Labute approximate surface area is 158 Å². The smallest absolute Gasteiger partial charge is 0.277 e. The lowest BCUT2D eigenvalue weighted by molar-refractivity contribution is -0.119. The van der Waals surface area contributed by atoms with Gasteiger partial charge in [-0.2, -0.15) is 0 Å². The minimum atomic E-state index is -2.98. The van der Waals surface area contributed by atoms with E-state index >= 15 is 0 Å². The molecule has 5 atom stereocenters. The Kier molecular flexibility index (Phi) is 5.02. The number of hydrogen-bond acceptors (Lipinski definition) is 7. The standard InChI is InChI=1S/C17H25N3O4S2/c1-10(14-7-11-2-3-12(14)6-11)18-15(21)8-25-17-20-19-16(24-17)13-4-5-26(22,23)9-13/h10-14H,2-9H2,1H3,(H,18,21)/t10-,11-,12-,13-,14+/m0/s1. The molecule has 1 aromatic rings. The van der Waals surface area contributed by atoms with Crippen LogP contribution in [0.15, 0.2) is 9.64 Å². The summed E-state index contributed by atoms with van der Waals surface area (Å²) in [5.41, 5.74) is 0. The molecule has 26 heavy (non-hydrogen) atoms. The Morgan fingerprint density at radius 1 is 1.31 bits per heavy atom. The van der Waals surface area contributed by atoms with E-state index in [0.29, 0.717) is 23.5 Å². The molecule has 0 spiro atoms. The predicted molar refractivity (Wildman–Crippen MR) is 97.6 cm³/mol. The van der Waals surface area contributed by atoms with Crippen molar-refractivity contribution in [2.75, 3.05) is 17.3 Å². The van der Waals surface area contributed by atoms with E-state index in [-0.39, 0.29) is 35.1 Å². The van der Waals surface area contributed by atoms with Crippen LogP contribution in [0.3, 0.4) is 0 Å². The molecule has 0 aromatic carbocycles. The van der Waals surface area contributed by atoms with Gasteiger partial charge in [-0.25, -0.2) is 8.42 Å². The summed E-state index contributed by atoms with van der Waals surface area (Å²) >= 11 is 1.21. The van der Waals surface area contributed by atoms with Gasteiger partial charge >= 0.3 is 0 Å². The Bertz CT molecular complexity index is 779. The summed E-state index contributed by atoms with van der Waals surface area (Å²) in [6.45, 7) is 2.11. The van der Waals surface area contributed by atoms with Gasteiger partial charge in [0.25, 0.3) is 5.22 Å². The van der Waals surface area contributed by atoms with E-state index in [1.807, 2.05) is 0 Å². The summed E-state index contributed by atoms with van der Waals surface area (Å²) in [5.74, 6) is 2.87. The Balaban J connectivity index is 1.24. The van der Waals surface area contributed by atoms with Crippen molar-refractivity contribution in [1.29, 1.82) is 0 Å². The van der Waals surface area contributed by atoms with Crippen molar-refractivity contribution in [2.24, 2.45) is 17.8 Å². The van der Waals surface area contributed by atoms with E-state index < -0.39 is 9.84 Å². The van der Waals surface area contributed by atoms with E-state index in [4.69, 9.17) is 4.42 Å². The average molecular weight is 400 g/mol. The lowest BCUT2D eigenvalue weighted by atomic mass is 9.84. The molecule has 3 aliphatic rings. The van der Waals surface area contributed by atoms with Crippen LogP contribution in [0.2, 0.25) is 0 Å². The van der Waals surface area contributed by atoms with Gasteiger partial charge in [0.2, 0.25) is 11.8 Å². The van der Waals surface area contributed by atoms with Gasteiger partial charge in [0, 0.05) is 6.04 Å². The summed E-state index contributed by atoms with van der Waals surface area (Å²) in [6, 6.07) is 0.209. The highest BCUT2D eigenvalue weighted by molar-refractivity contribution is 7.99. The summed E-state index contributed by atoms with van der Waals surface area (Å²) in [6.07, 6.45) is 5.78. The number of nitrogens with one attached hydrogen (secondary N) is 1. The van der Waals surface area contributed by atoms with E-state index in [2.05, 4.69) is 22.4 Å². The maximum Gasteiger partial charge on any atom is 0.277 e. The Morgan fingerprint density at radius 3 is 2.81 bits per heavy atom. The highest BCUT2D eigenvalue weighted by Gasteiger charge is 2.42. The fourth-order valence-corrected chi connectivity index (χ4v) is 7.18. The van der Waals surface area contributed by atoms with E-state index in [0.717, 1.165) is 11.8 Å². The zero-order valence-electron chi connectivity index (χ0n) is 14.9. The summed E-state index contributed by atoms with van der Waals surface area (Å²) in [5, 5.41) is 11.3. The Hall–Kier alpha value is -1.09. The van der Waals surface area contributed by atoms with Crippen LogP contribution in [0.25, 0.3) is 0 Å². The minimum absolute atomic E-state index is 0.0199. The monoisotopic (exact) mass is 399 g/mol. The second kappa shape index (κ2) is 7.14. The molecule has 1 N–H and O–H groups in total. The SMILES string of the molecule is C[C@H](NC(=O)CSc1nnc([C@H]2CCS(=O)(=O)C2)o1)[C@H]1C[C@H]2CC[C@H]1C2. The van der Waals surface area contributed by atoms with Crippen LogP contribution in [0.5, 0.6) is 0 Å². The van der Waals surface area contributed by atoms with Crippen molar-refractivity contribution in [2.45, 2.75) is 56.2 Å². The van der Waals surface area contributed by atoms with Gasteiger partial charge in [-0.05, 0) is 50.4 Å². The molecule has 1 aliphatic heterocycles. The molecule has 2 heterocycles. The fraction of sp³-hybridized carbons (Fsp3) is 0.824. The molecule has 9 heteroatoms. The maximum atomic E-state index is 12.2. The van der Waals surface area contributed by atoms with Crippen molar-refractivity contribution < 1.29 is 17.6 Å². The summed E-state index contributed by atoms with van der Waals surface area (Å²) in [7, 11) is -2.98. The number of hydrogen-bond donors (Lipinski definition) is 1. The normalized spacial score (nSPS) is 33.4. The van der Waals surface area contributed by atoms with Crippen LogP contribution < -0.4 is 5.32 Å². The number of sulfone groups is 1. The number of carbonyl (C=O) groups excluding carboxylic acids is 1. The molecule has 2 saturated carbocycles. The highest BCUT2D eigenvalue weighted by atomic mass is 32.2. The van der Waals surface area contributed by atoms with Crippen LogP contribution in [0.4, 0.5) is 0 Å². The second-order valence-electron chi connectivity index (χ2n) is 7.99. The van der Waals surface area contributed by atoms with E-state index in [1.54, 1.807) is 0 Å². The summed E-state index contributed by atoms with van der Waals surface area (Å²) < 4.78 is 28.6. The minimum Gasteiger partial charge on any atom is -0.416 e. The molecule has 4 rings (SSSR count). The summed E-state index contributed by atoms with van der Waals surface area (Å²) in [4.78, 5) is 12.2. The van der Waals surface area contributed by atoms with Gasteiger partial charge in [-0.3, -0.25) is 4.79 Å². The van der Waals surface area contributed by atoms with Gasteiger partial charge < -0.3 is 9.73 Å². The Morgan fingerprint density at radius 2 is 2.15 bits per heavy atom. The first kappa shape index (κ1) is 18.3. The fourth-order valence-electron chi connectivity index (χ4n) is 4.87. The topological polar surface area (TPSA) is 102 Å². The van der Waals surface area contributed by atoms with Gasteiger partial charge in [-0.15, -0.1) is 10.2 Å². The molecule has 2 bridgehead atoms. The number of carbonyl (C=O) groups is 1. The molecule has 7 nitrogen and oxygen atoms in total. The molecule has 0 unspecified atom stereocenters. The first-order valence-electron chi connectivity index (χ1n) is 9.35. The maximum absolute atomic E-state index is 12.2. The van der Waals surface area contributed by atoms with Crippen LogP contribution in [-0.2, 0) is 14.6 Å². The zero-order valence-corrected chi connectivity index (χ0v) is 16.5. The predicted octanol–water partition coefficient (Wildman–Crippen LogP) is 2.00. The van der Waals surface area contributed by atoms with Gasteiger partial charge in [0.05, 0.1) is 23.2 Å². The van der Waals surface area contributed by atoms with Gasteiger partial charge in [-0.1, -0.05) is 18.2 Å². The number of aromatic nitrogens is 2. The number of thioether (sulfide) groups is 1. The van der Waals surface area contributed by atoms with Crippen molar-refractivity contribution in [1.82, 2.24) is 15.5 Å². The van der Waals surface area contributed by atoms with Crippen molar-refractivity contribution in [3.8, 4) is 0 Å². The van der Waals surface area contributed by atoms with Crippen molar-refractivity contribution >= 4 is 27.5 Å². The quantitative estimate of drug-likeness (QED) is 0.730. The lowest BCUT2D eigenvalue weighted by Gasteiger charge is -2.28. The van der Waals surface area contributed by atoms with Crippen LogP contribution >= 0.6 is 11.8 Å². The molecular weight excluding hydrogens is 374 g/mol. The molecule has 0 radical (unpaired) electrons. The molecule has 1 aromatic heterocycles. The third-order valence-electron chi connectivity index (χ3n) is 6.15. The lowest BCUT2D eigenvalue weighted by Crippen LogP contribution is -2.40. The number of rotatable bonds is 6. The number of amides is 1. The van der Waals surface area contributed by atoms with E-state index in [1.165, 1.54) is 37.4 Å². The van der Waals surface area contributed by atoms with Crippen molar-refractivity contribution in [3.05, 3.63) is 5.89 Å². The first-order chi connectivity index (χ1) is 12.4. The molecule has 1 saturated heterocycles. The molecule has 1 amide bonds. The highest BCUT2D eigenvalue weighted by Crippen LogP contribution is 2.49. The van der Waals surface area contributed by atoms with Crippen LogP contribution in [0.1, 0.15) is 50.8 Å². The van der Waals surface area contributed by atoms with Crippen LogP contribution in [-0.4, -0.2) is 47.8 Å². The van der Waals surface area contributed by atoms with Crippen LogP contribution in [0, 0.1) is 17.8 Å². The van der Waals surface area contributed by atoms with Gasteiger partial charge in [0.15, 0.2) is 9.84 Å². The van der Waals surface area contributed by atoms with Gasteiger partial charge in [0.1, 0.15) is 0 Å². The zero-order chi connectivity index (χ0) is 18.3. The third kappa shape index (κ3) is 3.93. The van der Waals surface area contributed by atoms with Crippen molar-refractivity contribution in [3.63, 3.8) is 0 Å². The third-order valence-corrected chi connectivity index (χ3v) is 8.74. The largest absolute Gasteiger partial charge is 0.416 e. The van der Waals surface area contributed by atoms with E-state index in [9.17, 15) is 13.2 Å². The molecule has 2 aliphatic carbocycles. The number of fused-ring (bicyclic) bond motifs is 2. The second-order valence-corrected chi connectivity index (χ2v) is 11.1. The average Bonchev–Trinajstić information content (AvgIpc) is 3.36.